The predicted molar refractivity (Wildman–Crippen MR) is 118 cm³/mol. The fourth-order valence-corrected chi connectivity index (χ4v) is 4.76. The number of aryl methyl sites for hydroxylation is 1. The fraction of sp³-hybridized carbons (Fsp3) is 0.273. The second-order valence-corrected chi connectivity index (χ2v) is 8.33. The second kappa shape index (κ2) is 7.87. The molecule has 1 amide bonds. The summed E-state index contributed by atoms with van der Waals surface area (Å²) in [4.78, 5) is 25.0. The van der Waals surface area contributed by atoms with Crippen molar-refractivity contribution < 1.29 is 4.79 Å². The van der Waals surface area contributed by atoms with Gasteiger partial charge in [0.15, 0.2) is 0 Å². The third kappa shape index (κ3) is 3.43. The Hall–Kier alpha value is -3.26. The maximum Gasteiger partial charge on any atom is 0.243 e. The average Bonchev–Trinajstić information content (AvgIpc) is 3.52. The van der Waals surface area contributed by atoms with Crippen LogP contribution in [0.5, 0.6) is 0 Å². The van der Waals surface area contributed by atoms with Crippen molar-refractivity contribution in [3.63, 3.8) is 0 Å². The molecule has 30 heavy (non-hydrogen) atoms. The number of amides is 1. The SMILES string of the molecule is Cc1ccn(-c2ccccc2CNC(=O)C2CCCN2c2ncnc3sccc23)n1. The van der Waals surface area contributed by atoms with Crippen LogP contribution in [0.25, 0.3) is 15.9 Å². The molecule has 1 saturated heterocycles. The topological polar surface area (TPSA) is 75.9 Å². The van der Waals surface area contributed by atoms with Crippen molar-refractivity contribution in [1.82, 2.24) is 25.1 Å². The maximum atomic E-state index is 13.1. The zero-order chi connectivity index (χ0) is 20.5. The number of thiophene rings is 1. The Kier molecular flexibility index (Phi) is 4.92. The van der Waals surface area contributed by atoms with Crippen LogP contribution in [-0.4, -0.2) is 38.2 Å². The lowest BCUT2D eigenvalue weighted by molar-refractivity contribution is -0.122. The number of fused-ring (bicyclic) bond motifs is 1. The molecule has 4 heterocycles. The maximum absolute atomic E-state index is 13.1. The minimum Gasteiger partial charge on any atom is -0.350 e. The number of para-hydroxylation sites is 1. The van der Waals surface area contributed by atoms with E-state index < -0.39 is 0 Å². The number of nitrogens with one attached hydrogen (secondary N) is 1. The minimum absolute atomic E-state index is 0.0286. The summed E-state index contributed by atoms with van der Waals surface area (Å²) in [6.07, 6.45) is 5.32. The molecular weight excluding hydrogens is 396 g/mol. The Morgan fingerprint density at radius 2 is 2.13 bits per heavy atom. The Bertz CT molecular complexity index is 1200. The lowest BCUT2D eigenvalue weighted by Crippen LogP contribution is -2.43. The van der Waals surface area contributed by atoms with Gasteiger partial charge in [0, 0.05) is 19.3 Å². The zero-order valence-corrected chi connectivity index (χ0v) is 17.5. The molecule has 3 aromatic heterocycles. The molecule has 4 aromatic rings. The number of aromatic nitrogens is 4. The van der Waals surface area contributed by atoms with Crippen molar-refractivity contribution in [3.05, 3.63) is 65.6 Å². The molecule has 7 nitrogen and oxygen atoms in total. The van der Waals surface area contributed by atoms with Crippen LogP contribution in [0, 0.1) is 6.92 Å². The van der Waals surface area contributed by atoms with Gasteiger partial charge in [-0.2, -0.15) is 5.10 Å². The summed E-state index contributed by atoms with van der Waals surface area (Å²) < 4.78 is 1.85. The van der Waals surface area contributed by atoms with Crippen LogP contribution in [0.15, 0.2) is 54.3 Å². The second-order valence-electron chi connectivity index (χ2n) is 7.44. The van der Waals surface area contributed by atoms with Crippen molar-refractivity contribution in [1.29, 1.82) is 0 Å². The first-order chi connectivity index (χ1) is 14.7. The first kappa shape index (κ1) is 18.7. The number of benzene rings is 1. The van der Waals surface area contributed by atoms with Crippen LogP contribution in [0.2, 0.25) is 0 Å². The predicted octanol–water partition coefficient (Wildman–Crippen LogP) is 3.47. The summed E-state index contributed by atoms with van der Waals surface area (Å²) in [7, 11) is 0. The number of hydrogen-bond donors (Lipinski definition) is 1. The third-order valence-corrected chi connectivity index (χ3v) is 6.30. The third-order valence-electron chi connectivity index (χ3n) is 5.48. The van der Waals surface area contributed by atoms with E-state index in [0.29, 0.717) is 6.54 Å². The Morgan fingerprint density at radius 3 is 3.00 bits per heavy atom. The number of carbonyl (C=O) groups is 1. The smallest absolute Gasteiger partial charge is 0.243 e. The van der Waals surface area contributed by atoms with E-state index in [9.17, 15) is 4.79 Å². The van der Waals surface area contributed by atoms with Gasteiger partial charge >= 0.3 is 0 Å². The summed E-state index contributed by atoms with van der Waals surface area (Å²) in [5.41, 5.74) is 2.96. The number of anilines is 1. The molecule has 1 fully saturated rings. The van der Waals surface area contributed by atoms with Gasteiger partial charge in [-0.1, -0.05) is 18.2 Å². The van der Waals surface area contributed by atoms with E-state index in [1.165, 1.54) is 0 Å². The number of carbonyl (C=O) groups excluding carboxylic acids is 1. The summed E-state index contributed by atoms with van der Waals surface area (Å²) >= 11 is 1.59. The first-order valence-electron chi connectivity index (χ1n) is 10.0. The lowest BCUT2D eigenvalue weighted by Gasteiger charge is -2.25. The highest BCUT2D eigenvalue weighted by Gasteiger charge is 2.32. The molecule has 1 aromatic carbocycles. The van der Waals surface area contributed by atoms with Crippen molar-refractivity contribution in [3.8, 4) is 5.69 Å². The molecule has 0 radical (unpaired) electrons. The molecule has 0 bridgehead atoms. The lowest BCUT2D eigenvalue weighted by atomic mass is 10.1. The van der Waals surface area contributed by atoms with Crippen LogP contribution in [0.1, 0.15) is 24.1 Å². The Balaban J connectivity index is 1.34. The highest BCUT2D eigenvalue weighted by molar-refractivity contribution is 7.16. The van der Waals surface area contributed by atoms with Crippen molar-refractivity contribution >= 4 is 33.3 Å². The van der Waals surface area contributed by atoms with E-state index in [0.717, 1.165) is 52.4 Å². The molecule has 1 aliphatic heterocycles. The summed E-state index contributed by atoms with van der Waals surface area (Å²) in [5.74, 6) is 0.882. The number of nitrogens with zero attached hydrogens (tertiary/aromatic N) is 5. The molecule has 5 rings (SSSR count). The highest BCUT2D eigenvalue weighted by atomic mass is 32.1. The standard InChI is InChI=1S/C22H22N6OS/c1-15-8-11-28(26-15)18-6-3-2-5-16(18)13-23-21(29)19-7-4-10-27(19)20-17-9-12-30-22(17)25-14-24-20/h2-3,5-6,8-9,11-12,14,19H,4,7,10,13H2,1H3,(H,23,29). The van der Waals surface area contributed by atoms with E-state index >= 15 is 0 Å². The first-order valence-corrected chi connectivity index (χ1v) is 10.9. The molecule has 1 atom stereocenters. The molecular formula is C22H22N6OS. The molecule has 1 N–H and O–H groups in total. The van der Waals surface area contributed by atoms with Gasteiger partial charge in [-0.25, -0.2) is 14.6 Å². The number of hydrogen-bond acceptors (Lipinski definition) is 6. The van der Waals surface area contributed by atoms with Gasteiger partial charge in [0.2, 0.25) is 5.91 Å². The van der Waals surface area contributed by atoms with Crippen LogP contribution in [0.4, 0.5) is 5.82 Å². The Morgan fingerprint density at radius 1 is 1.23 bits per heavy atom. The quantitative estimate of drug-likeness (QED) is 0.537. The summed E-state index contributed by atoms with van der Waals surface area (Å²) in [5, 5.41) is 10.7. The van der Waals surface area contributed by atoms with Gasteiger partial charge in [-0.15, -0.1) is 11.3 Å². The van der Waals surface area contributed by atoms with E-state index in [2.05, 4.69) is 25.3 Å². The van der Waals surface area contributed by atoms with E-state index in [-0.39, 0.29) is 11.9 Å². The van der Waals surface area contributed by atoms with Crippen LogP contribution in [0.3, 0.4) is 0 Å². The fourth-order valence-electron chi connectivity index (χ4n) is 4.03. The molecule has 0 aliphatic carbocycles. The van der Waals surface area contributed by atoms with Gasteiger partial charge in [0.1, 0.15) is 23.0 Å². The summed E-state index contributed by atoms with van der Waals surface area (Å²) in [6, 6.07) is 11.8. The van der Waals surface area contributed by atoms with E-state index in [1.54, 1.807) is 17.7 Å². The van der Waals surface area contributed by atoms with Gasteiger partial charge in [-0.3, -0.25) is 4.79 Å². The highest BCUT2D eigenvalue weighted by Crippen LogP contribution is 2.31. The van der Waals surface area contributed by atoms with Crippen LogP contribution in [-0.2, 0) is 11.3 Å². The van der Waals surface area contributed by atoms with Gasteiger partial charge in [-0.05, 0) is 48.9 Å². The van der Waals surface area contributed by atoms with Crippen molar-refractivity contribution in [2.45, 2.75) is 32.4 Å². The van der Waals surface area contributed by atoms with Crippen molar-refractivity contribution in [2.24, 2.45) is 0 Å². The largest absolute Gasteiger partial charge is 0.350 e. The Labute approximate surface area is 178 Å². The van der Waals surface area contributed by atoms with Crippen LogP contribution < -0.4 is 10.2 Å². The zero-order valence-electron chi connectivity index (χ0n) is 16.7. The number of rotatable bonds is 5. The average molecular weight is 419 g/mol. The van der Waals surface area contributed by atoms with Gasteiger partial charge < -0.3 is 10.2 Å². The van der Waals surface area contributed by atoms with Crippen LogP contribution >= 0.6 is 11.3 Å². The van der Waals surface area contributed by atoms with Gasteiger partial charge in [0.05, 0.1) is 16.8 Å². The summed E-state index contributed by atoms with van der Waals surface area (Å²) in [6.45, 7) is 3.24. The molecule has 1 unspecified atom stereocenters. The minimum atomic E-state index is -0.220. The van der Waals surface area contributed by atoms with Crippen molar-refractivity contribution in [2.75, 3.05) is 11.4 Å². The molecule has 1 aliphatic rings. The normalized spacial score (nSPS) is 16.3. The molecule has 0 spiro atoms. The molecule has 152 valence electrons. The van der Waals surface area contributed by atoms with Gasteiger partial charge in [0.25, 0.3) is 0 Å². The monoisotopic (exact) mass is 418 g/mol. The molecule has 8 heteroatoms. The van der Waals surface area contributed by atoms with E-state index in [1.807, 2.05) is 59.6 Å². The molecule has 0 saturated carbocycles. The van der Waals surface area contributed by atoms with E-state index in [4.69, 9.17) is 0 Å².